The first-order chi connectivity index (χ1) is 17.0. The van der Waals surface area contributed by atoms with Gasteiger partial charge in [-0.1, -0.05) is 137 Å². The van der Waals surface area contributed by atoms with Gasteiger partial charge in [0.15, 0.2) is 0 Å². The van der Waals surface area contributed by atoms with E-state index in [4.69, 9.17) is 0 Å². The molecule has 3 heteroatoms. The highest BCUT2D eigenvalue weighted by molar-refractivity contribution is 8.04. The Bertz CT molecular complexity index is 478. The lowest BCUT2D eigenvalue weighted by Crippen LogP contribution is -2.31. The molecule has 0 aromatic carbocycles. The highest BCUT2D eigenvalue weighted by atomic mass is 32.2. The van der Waals surface area contributed by atoms with Gasteiger partial charge in [0, 0.05) is 11.3 Å². The van der Waals surface area contributed by atoms with Crippen LogP contribution in [0.4, 0.5) is 0 Å². The van der Waals surface area contributed by atoms with Crippen molar-refractivity contribution < 1.29 is 4.79 Å². The Morgan fingerprint density at radius 1 is 0.629 bits per heavy atom. The molecule has 0 atom stereocenters. The van der Waals surface area contributed by atoms with E-state index in [2.05, 4.69) is 52.9 Å². The fraction of sp³-hybridized carbons (Fsp3) is 0.906. The molecule has 0 fully saturated rings. The molecule has 1 amide bonds. The second kappa shape index (κ2) is 25.2. The Hall–Kier alpha value is -0.440. The smallest absolute Gasteiger partial charge is 0.257 e. The molecule has 0 heterocycles. The average Bonchev–Trinajstić information content (AvgIpc) is 2.83. The van der Waals surface area contributed by atoms with E-state index in [-0.39, 0.29) is 11.9 Å². The highest BCUT2D eigenvalue weighted by Crippen LogP contribution is 2.33. The first-order valence-corrected chi connectivity index (χ1v) is 16.6. The SMILES string of the molecule is CCCCCCC(/C=C(\SC(CCCCCC)CCCCCC)C(=O)NC(C)C)CCCCCC. The van der Waals surface area contributed by atoms with Crippen molar-refractivity contribution in [3.8, 4) is 0 Å². The van der Waals surface area contributed by atoms with Crippen LogP contribution in [0.3, 0.4) is 0 Å². The second-order valence-corrected chi connectivity index (χ2v) is 12.4. The maximum atomic E-state index is 13.3. The molecule has 0 rings (SSSR count). The maximum Gasteiger partial charge on any atom is 0.257 e. The Morgan fingerprint density at radius 3 is 1.40 bits per heavy atom. The molecule has 35 heavy (non-hydrogen) atoms. The fourth-order valence-corrected chi connectivity index (χ4v) is 6.10. The van der Waals surface area contributed by atoms with Crippen LogP contribution in [-0.4, -0.2) is 17.2 Å². The molecule has 2 nitrogen and oxygen atoms in total. The number of nitrogens with one attached hydrogen (secondary N) is 1. The molecule has 1 N–H and O–H groups in total. The van der Waals surface area contributed by atoms with Crippen molar-refractivity contribution in [2.75, 3.05) is 0 Å². The van der Waals surface area contributed by atoms with Gasteiger partial charge in [-0.3, -0.25) is 4.79 Å². The number of amides is 1. The number of hydrogen-bond acceptors (Lipinski definition) is 2. The van der Waals surface area contributed by atoms with Crippen molar-refractivity contribution in [2.24, 2.45) is 5.92 Å². The van der Waals surface area contributed by atoms with Gasteiger partial charge >= 0.3 is 0 Å². The topological polar surface area (TPSA) is 29.1 Å². The molecule has 0 bridgehead atoms. The molecular formula is C32H63NOS. The number of hydrogen-bond donors (Lipinski definition) is 1. The third-order valence-corrected chi connectivity index (χ3v) is 8.32. The summed E-state index contributed by atoms with van der Waals surface area (Å²) in [6.07, 6.45) is 28.4. The third kappa shape index (κ3) is 21.4. The Morgan fingerprint density at radius 2 is 1.03 bits per heavy atom. The Balaban J connectivity index is 5.49. The molecule has 0 saturated carbocycles. The number of thioether (sulfide) groups is 1. The predicted molar refractivity (Wildman–Crippen MR) is 161 cm³/mol. The molecule has 0 aliphatic carbocycles. The van der Waals surface area contributed by atoms with Crippen LogP contribution in [0.2, 0.25) is 0 Å². The van der Waals surface area contributed by atoms with Crippen LogP contribution in [0.15, 0.2) is 11.0 Å². The molecule has 0 saturated heterocycles. The summed E-state index contributed by atoms with van der Waals surface area (Å²) in [5.41, 5.74) is 0. The largest absolute Gasteiger partial charge is 0.349 e. The minimum atomic E-state index is 0.171. The van der Waals surface area contributed by atoms with E-state index in [0.717, 1.165) is 4.91 Å². The van der Waals surface area contributed by atoms with Crippen LogP contribution >= 0.6 is 11.8 Å². The normalized spacial score (nSPS) is 12.3. The van der Waals surface area contributed by atoms with E-state index in [9.17, 15) is 4.79 Å². The van der Waals surface area contributed by atoms with Gasteiger partial charge in [0.05, 0.1) is 4.91 Å². The zero-order chi connectivity index (χ0) is 26.2. The van der Waals surface area contributed by atoms with Crippen LogP contribution in [0.25, 0.3) is 0 Å². The van der Waals surface area contributed by atoms with Gasteiger partial charge < -0.3 is 5.32 Å². The number of unbranched alkanes of at least 4 members (excludes halogenated alkanes) is 12. The molecular weight excluding hydrogens is 446 g/mol. The third-order valence-electron chi connectivity index (χ3n) is 6.94. The van der Waals surface area contributed by atoms with Gasteiger partial charge in [-0.05, 0) is 45.4 Å². The van der Waals surface area contributed by atoms with E-state index in [1.54, 1.807) is 0 Å². The standard InChI is InChI=1S/C32H63NOS/c1-7-11-15-19-23-29(24-20-16-12-8-2)27-31(32(34)33-28(5)6)35-30(25-21-17-13-9-3)26-22-18-14-10-4/h27-30H,7-26H2,1-6H3,(H,33,34)/b31-27-. The van der Waals surface area contributed by atoms with Gasteiger partial charge in [0.2, 0.25) is 0 Å². The Labute approximate surface area is 225 Å². The van der Waals surface area contributed by atoms with Crippen molar-refractivity contribution in [1.29, 1.82) is 0 Å². The van der Waals surface area contributed by atoms with E-state index >= 15 is 0 Å². The van der Waals surface area contributed by atoms with Crippen molar-refractivity contribution in [3.05, 3.63) is 11.0 Å². The molecule has 0 aromatic heterocycles. The number of allylic oxidation sites excluding steroid dienone is 1. The lowest BCUT2D eigenvalue weighted by Gasteiger charge is -2.21. The van der Waals surface area contributed by atoms with Crippen LogP contribution in [-0.2, 0) is 4.79 Å². The molecule has 0 unspecified atom stereocenters. The lowest BCUT2D eigenvalue weighted by molar-refractivity contribution is -0.117. The van der Waals surface area contributed by atoms with Gasteiger partial charge in [-0.2, -0.15) is 0 Å². The lowest BCUT2D eigenvalue weighted by atomic mass is 9.94. The van der Waals surface area contributed by atoms with Gasteiger partial charge in [-0.25, -0.2) is 0 Å². The minimum absolute atomic E-state index is 0.171. The van der Waals surface area contributed by atoms with Crippen LogP contribution < -0.4 is 5.32 Å². The minimum Gasteiger partial charge on any atom is -0.349 e. The first-order valence-electron chi connectivity index (χ1n) is 15.7. The van der Waals surface area contributed by atoms with E-state index in [1.165, 1.54) is 128 Å². The molecule has 0 aliphatic heterocycles. The van der Waals surface area contributed by atoms with E-state index in [1.807, 2.05) is 11.8 Å². The molecule has 0 aromatic rings. The monoisotopic (exact) mass is 509 g/mol. The maximum absolute atomic E-state index is 13.3. The van der Waals surface area contributed by atoms with Crippen molar-refractivity contribution in [1.82, 2.24) is 5.32 Å². The summed E-state index contributed by atoms with van der Waals surface area (Å²) in [5.74, 6) is 0.717. The molecule has 0 radical (unpaired) electrons. The number of carbonyl (C=O) groups is 1. The Kier molecular flexibility index (Phi) is 24.9. The average molecular weight is 510 g/mol. The van der Waals surface area contributed by atoms with Crippen molar-refractivity contribution >= 4 is 17.7 Å². The van der Waals surface area contributed by atoms with Gasteiger partial charge in [-0.15, -0.1) is 11.8 Å². The zero-order valence-electron chi connectivity index (χ0n) is 24.8. The number of carbonyl (C=O) groups excluding carboxylic acids is 1. The van der Waals surface area contributed by atoms with Gasteiger partial charge in [0.1, 0.15) is 0 Å². The summed E-state index contributed by atoms with van der Waals surface area (Å²) in [4.78, 5) is 14.3. The summed E-state index contributed by atoms with van der Waals surface area (Å²) in [7, 11) is 0. The zero-order valence-corrected chi connectivity index (χ0v) is 25.6. The fourth-order valence-electron chi connectivity index (χ4n) is 4.73. The summed E-state index contributed by atoms with van der Waals surface area (Å²) >= 11 is 1.92. The molecule has 208 valence electrons. The van der Waals surface area contributed by atoms with E-state index < -0.39 is 0 Å². The van der Waals surface area contributed by atoms with Gasteiger partial charge in [0.25, 0.3) is 5.91 Å². The molecule has 0 spiro atoms. The summed E-state index contributed by atoms with van der Waals surface area (Å²) in [6, 6.07) is 0.187. The summed E-state index contributed by atoms with van der Waals surface area (Å²) < 4.78 is 0. The van der Waals surface area contributed by atoms with E-state index in [0.29, 0.717) is 11.2 Å². The molecule has 0 aliphatic rings. The number of rotatable bonds is 25. The predicted octanol–water partition coefficient (Wildman–Crippen LogP) is 11.0. The second-order valence-electron chi connectivity index (χ2n) is 11.1. The quantitative estimate of drug-likeness (QED) is 0.0979. The summed E-state index contributed by atoms with van der Waals surface area (Å²) in [5, 5.41) is 3.81. The van der Waals surface area contributed by atoms with Crippen LogP contribution in [0.5, 0.6) is 0 Å². The van der Waals surface area contributed by atoms with Crippen LogP contribution in [0.1, 0.15) is 170 Å². The summed E-state index contributed by atoms with van der Waals surface area (Å²) in [6.45, 7) is 13.3. The first kappa shape index (κ1) is 34.6. The highest BCUT2D eigenvalue weighted by Gasteiger charge is 2.20. The van der Waals surface area contributed by atoms with Crippen molar-refractivity contribution in [2.45, 2.75) is 181 Å². The van der Waals surface area contributed by atoms with Crippen molar-refractivity contribution in [3.63, 3.8) is 0 Å². The van der Waals surface area contributed by atoms with Crippen LogP contribution in [0, 0.1) is 5.92 Å².